The van der Waals surface area contributed by atoms with Gasteiger partial charge in [-0.2, -0.15) is 0 Å². The van der Waals surface area contributed by atoms with Crippen molar-refractivity contribution < 1.29 is 14.6 Å². The van der Waals surface area contributed by atoms with E-state index >= 15 is 0 Å². The van der Waals surface area contributed by atoms with Gasteiger partial charge >= 0.3 is 0 Å². The van der Waals surface area contributed by atoms with Crippen molar-refractivity contribution in [2.45, 2.75) is 13.3 Å². The van der Waals surface area contributed by atoms with Crippen molar-refractivity contribution in [1.82, 2.24) is 0 Å². The molecule has 0 saturated carbocycles. The first-order chi connectivity index (χ1) is 8.80. The summed E-state index contributed by atoms with van der Waals surface area (Å²) in [6.45, 7) is 2.56. The van der Waals surface area contributed by atoms with Crippen molar-refractivity contribution in [2.24, 2.45) is 4.99 Å². The number of aliphatic imine (C=N–C) groups is 1. The second-order valence-electron chi connectivity index (χ2n) is 3.57. The summed E-state index contributed by atoms with van der Waals surface area (Å²) in [4.78, 5) is 4.27. The normalized spacial score (nSPS) is 11.8. The van der Waals surface area contributed by atoms with Crippen LogP contribution in [0.5, 0.6) is 5.75 Å². The van der Waals surface area contributed by atoms with Crippen molar-refractivity contribution in [1.29, 1.82) is 0 Å². The molecule has 0 saturated heterocycles. The number of ether oxygens (including phenoxy) is 2. The Hall–Kier alpha value is -1.81. The van der Waals surface area contributed by atoms with Gasteiger partial charge in [0.15, 0.2) is 0 Å². The van der Waals surface area contributed by atoms with E-state index in [2.05, 4.69) is 4.99 Å². The lowest BCUT2D eigenvalue weighted by Gasteiger charge is -2.04. The number of rotatable bonds is 7. The number of hydrogen-bond donors (Lipinski definition) is 1. The quantitative estimate of drug-likeness (QED) is 0.459. The Morgan fingerprint density at radius 3 is 2.61 bits per heavy atom. The zero-order valence-corrected chi connectivity index (χ0v) is 10.8. The molecular weight excluding hydrogens is 230 g/mol. The van der Waals surface area contributed by atoms with Gasteiger partial charge in [-0.05, 0) is 37.3 Å². The van der Waals surface area contributed by atoms with Crippen molar-refractivity contribution in [3.63, 3.8) is 0 Å². The first kappa shape index (κ1) is 14.3. The fourth-order valence-corrected chi connectivity index (χ4v) is 1.27. The molecule has 98 valence electrons. The molecule has 0 fully saturated rings. The first-order valence-corrected chi connectivity index (χ1v) is 5.88. The summed E-state index contributed by atoms with van der Waals surface area (Å²) in [6.07, 6.45) is 4.15. The van der Waals surface area contributed by atoms with Crippen LogP contribution in [-0.2, 0) is 4.74 Å². The minimum Gasteiger partial charge on any atom is -0.495 e. The van der Waals surface area contributed by atoms with Crippen LogP contribution in [0.4, 0.5) is 5.69 Å². The molecule has 0 radical (unpaired) electrons. The Morgan fingerprint density at radius 1 is 1.33 bits per heavy atom. The molecule has 1 N–H and O–H groups in total. The lowest BCUT2D eigenvalue weighted by Crippen LogP contribution is -1.99. The van der Waals surface area contributed by atoms with Gasteiger partial charge in [-0.15, -0.1) is 0 Å². The molecule has 0 aromatic heterocycles. The molecule has 4 heteroatoms. The van der Waals surface area contributed by atoms with Gasteiger partial charge in [-0.3, -0.25) is 4.99 Å². The summed E-state index contributed by atoms with van der Waals surface area (Å²) in [6, 6.07) is 7.44. The molecule has 18 heavy (non-hydrogen) atoms. The topological polar surface area (TPSA) is 51.0 Å². The Kier molecular flexibility index (Phi) is 6.58. The summed E-state index contributed by atoms with van der Waals surface area (Å²) in [7, 11) is 1.61. The summed E-state index contributed by atoms with van der Waals surface area (Å²) < 4.78 is 10.5. The molecule has 0 aliphatic heterocycles. The van der Waals surface area contributed by atoms with Gasteiger partial charge in [0.25, 0.3) is 0 Å². The second kappa shape index (κ2) is 8.31. The third kappa shape index (κ3) is 5.01. The van der Waals surface area contributed by atoms with Crippen LogP contribution in [0.25, 0.3) is 0 Å². The number of aliphatic hydroxyl groups excluding tert-OH is 1. The standard InChI is InChI=1S/C14H19NO3/c1-3-13(17-2)11-15-12-5-7-14(8-6-12)18-10-4-9-16/h3,5-8,11,16H,4,9-10H2,1-2H3/b13-3-,15-11?. The minimum absolute atomic E-state index is 0.144. The van der Waals surface area contributed by atoms with E-state index in [-0.39, 0.29) is 6.61 Å². The molecule has 4 nitrogen and oxygen atoms in total. The van der Waals surface area contributed by atoms with Gasteiger partial charge in [0.2, 0.25) is 0 Å². The largest absolute Gasteiger partial charge is 0.495 e. The third-order valence-electron chi connectivity index (χ3n) is 2.27. The molecule has 0 unspecified atom stereocenters. The minimum atomic E-state index is 0.144. The Balaban J connectivity index is 2.54. The number of hydrogen-bond acceptors (Lipinski definition) is 4. The van der Waals surface area contributed by atoms with E-state index in [1.165, 1.54) is 0 Å². The lowest BCUT2D eigenvalue weighted by atomic mass is 10.3. The summed E-state index contributed by atoms with van der Waals surface area (Å²) in [5.41, 5.74) is 0.834. The van der Waals surface area contributed by atoms with E-state index in [0.717, 1.165) is 17.2 Å². The fourth-order valence-electron chi connectivity index (χ4n) is 1.27. The molecule has 0 bridgehead atoms. The average molecular weight is 249 g/mol. The van der Waals surface area contributed by atoms with Crippen LogP contribution in [0.2, 0.25) is 0 Å². The highest BCUT2D eigenvalue weighted by Gasteiger charge is 1.94. The Bertz CT molecular complexity index is 396. The first-order valence-electron chi connectivity index (χ1n) is 5.88. The Morgan fingerprint density at radius 2 is 2.06 bits per heavy atom. The highest BCUT2D eigenvalue weighted by molar-refractivity contribution is 5.78. The summed E-state index contributed by atoms with van der Waals surface area (Å²) in [5.74, 6) is 1.50. The Labute approximate surface area is 108 Å². The van der Waals surface area contributed by atoms with Crippen molar-refractivity contribution in [3.8, 4) is 5.75 Å². The van der Waals surface area contributed by atoms with Crippen molar-refractivity contribution in [3.05, 3.63) is 36.1 Å². The maximum atomic E-state index is 8.64. The highest BCUT2D eigenvalue weighted by Crippen LogP contribution is 2.18. The van der Waals surface area contributed by atoms with Crippen molar-refractivity contribution >= 4 is 11.9 Å². The lowest BCUT2D eigenvalue weighted by molar-refractivity contribution is 0.233. The van der Waals surface area contributed by atoms with Gasteiger partial charge in [0.1, 0.15) is 11.5 Å². The van der Waals surface area contributed by atoms with Crippen LogP contribution in [0.1, 0.15) is 13.3 Å². The predicted octanol–water partition coefficient (Wildman–Crippen LogP) is 2.70. The van der Waals surface area contributed by atoms with E-state index in [1.807, 2.05) is 37.3 Å². The van der Waals surface area contributed by atoms with Crippen LogP contribution in [-0.4, -0.2) is 31.6 Å². The van der Waals surface area contributed by atoms with E-state index < -0.39 is 0 Å². The van der Waals surface area contributed by atoms with E-state index in [1.54, 1.807) is 13.3 Å². The van der Waals surface area contributed by atoms with Crippen LogP contribution in [0.3, 0.4) is 0 Å². The molecule has 1 aromatic rings. The molecule has 0 aliphatic carbocycles. The van der Waals surface area contributed by atoms with Gasteiger partial charge in [-0.25, -0.2) is 0 Å². The van der Waals surface area contributed by atoms with E-state index in [9.17, 15) is 0 Å². The summed E-state index contributed by atoms with van der Waals surface area (Å²) in [5, 5.41) is 8.64. The second-order valence-corrected chi connectivity index (χ2v) is 3.57. The summed E-state index contributed by atoms with van der Waals surface area (Å²) >= 11 is 0. The predicted molar refractivity (Wildman–Crippen MR) is 72.6 cm³/mol. The van der Waals surface area contributed by atoms with Crippen LogP contribution >= 0.6 is 0 Å². The zero-order valence-electron chi connectivity index (χ0n) is 10.8. The van der Waals surface area contributed by atoms with Crippen LogP contribution < -0.4 is 4.74 Å². The maximum absolute atomic E-state index is 8.64. The van der Waals surface area contributed by atoms with E-state index in [0.29, 0.717) is 13.0 Å². The van der Waals surface area contributed by atoms with Crippen LogP contribution in [0.15, 0.2) is 41.1 Å². The van der Waals surface area contributed by atoms with Gasteiger partial charge in [0, 0.05) is 13.0 Å². The number of nitrogens with zero attached hydrogens (tertiary/aromatic N) is 1. The van der Waals surface area contributed by atoms with Crippen LogP contribution in [0, 0.1) is 0 Å². The SMILES string of the molecule is C/C=C(/C=Nc1ccc(OCCCO)cc1)OC. The number of aliphatic hydroxyl groups is 1. The maximum Gasteiger partial charge on any atom is 0.132 e. The van der Waals surface area contributed by atoms with E-state index in [4.69, 9.17) is 14.6 Å². The number of allylic oxidation sites excluding steroid dienone is 2. The average Bonchev–Trinajstić information content (AvgIpc) is 2.42. The molecule has 0 spiro atoms. The van der Waals surface area contributed by atoms with Gasteiger partial charge < -0.3 is 14.6 Å². The monoisotopic (exact) mass is 249 g/mol. The van der Waals surface area contributed by atoms with Gasteiger partial charge in [0.05, 0.1) is 25.6 Å². The molecule has 0 aliphatic rings. The smallest absolute Gasteiger partial charge is 0.132 e. The molecule has 0 amide bonds. The number of methoxy groups -OCH3 is 1. The fraction of sp³-hybridized carbons (Fsp3) is 0.357. The molecule has 1 rings (SSSR count). The zero-order chi connectivity index (χ0) is 13.2. The van der Waals surface area contributed by atoms with Gasteiger partial charge in [-0.1, -0.05) is 0 Å². The third-order valence-corrected chi connectivity index (χ3v) is 2.27. The molecule has 1 aromatic carbocycles. The molecular formula is C14H19NO3. The van der Waals surface area contributed by atoms with Crippen molar-refractivity contribution in [2.75, 3.05) is 20.3 Å². The molecule has 0 heterocycles. The number of benzene rings is 1. The molecule has 0 atom stereocenters. The highest BCUT2D eigenvalue weighted by atomic mass is 16.5.